The molecule has 0 aliphatic carbocycles. The van der Waals surface area contributed by atoms with Crippen LogP contribution in [-0.4, -0.2) is 26.3 Å². The molecule has 0 saturated heterocycles. The first kappa shape index (κ1) is 15.7. The van der Waals surface area contributed by atoms with Gasteiger partial charge < -0.3 is 10.4 Å². The van der Waals surface area contributed by atoms with E-state index in [-0.39, 0.29) is 27.3 Å². The van der Waals surface area contributed by atoms with Crippen LogP contribution in [0.4, 0.5) is 0 Å². The van der Waals surface area contributed by atoms with Crippen molar-refractivity contribution in [3.05, 3.63) is 40.1 Å². The molecular formula is C14H15Cl2N3O2. The Hall–Kier alpha value is -1.72. The standard InChI is InChI=1S/C14H15Cl2N3O2/c1-14(2,3)18-13(21)10-8(19-6-4-5-17-19)7-9(20)11(15)12(10)16/h4-7,20H,1-3H3,(H,18,21). The number of carbonyl (C=O) groups is 1. The fourth-order valence-electron chi connectivity index (χ4n) is 1.81. The summed E-state index contributed by atoms with van der Waals surface area (Å²) in [5.74, 6) is -0.598. The highest BCUT2D eigenvalue weighted by Gasteiger charge is 2.25. The Balaban J connectivity index is 2.63. The zero-order chi connectivity index (χ0) is 15.8. The molecule has 0 bridgehead atoms. The van der Waals surface area contributed by atoms with Crippen molar-refractivity contribution in [2.75, 3.05) is 0 Å². The third kappa shape index (κ3) is 3.31. The molecule has 0 aliphatic rings. The highest BCUT2D eigenvalue weighted by Crippen LogP contribution is 2.37. The first-order valence-corrected chi connectivity index (χ1v) is 7.00. The molecule has 112 valence electrons. The van der Waals surface area contributed by atoms with Crippen LogP contribution < -0.4 is 5.32 Å². The number of carbonyl (C=O) groups excluding carboxylic acids is 1. The van der Waals surface area contributed by atoms with E-state index in [2.05, 4.69) is 10.4 Å². The Morgan fingerprint density at radius 3 is 2.52 bits per heavy atom. The number of phenols is 1. The molecule has 0 unspecified atom stereocenters. The molecule has 0 atom stereocenters. The average molecular weight is 328 g/mol. The number of aromatic nitrogens is 2. The number of phenolic OH excluding ortho intramolecular Hbond substituents is 1. The minimum absolute atomic E-state index is 0.0103. The van der Waals surface area contributed by atoms with E-state index in [1.165, 1.54) is 10.7 Å². The molecule has 1 aromatic carbocycles. The van der Waals surface area contributed by atoms with Crippen LogP contribution >= 0.6 is 23.2 Å². The topological polar surface area (TPSA) is 67.2 Å². The molecule has 1 aromatic heterocycles. The summed E-state index contributed by atoms with van der Waals surface area (Å²) in [6, 6.07) is 3.06. The lowest BCUT2D eigenvalue weighted by Crippen LogP contribution is -2.41. The van der Waals surface area contributed by atoms with Gasteiger partial charge in [0.2, 0.25) is 0 Å². The molecule has 2 N–H and O–H groups in total. The van der Waals surface area contributed by atoms with E-state index in [1.807, 2.05) is 20.8 Å². The second kappa shape index (κ2) is 5.58. The number of aromatic hydroxyl groups is 1. The van der Waals surface area contributed by atoms with Gasteiger partial charge in [0, 0.05) is 24.0 Å². The van der Waals surface area contributed by atoms with Gasteiger partial charge in [-0.15, -0.1) is 0 Å². The van der Waals surface area contributed by atoms with Crippen LogP contribution in [0.1, 0.15) is 31.1 Å². The van der Waals surface area contributed by atoms with E-state index in [0.29, 0.717) is 5.69 Å². The number of amides is 1. The maximum absolute atomic E-state index is 12.5. The molecule has 0 saturated carbocycles. The van der Waals surface area contributed by atoms with Crippen molar-refractivity contribution < 1.29 is 9.90 Å². The number of hydrogen-bond donors (Lipinski definition) is 2. The molecule has 0 spiro atoms. The molecule has 0 aliphatic heterocycles. The Labute approximate surface area is 132 Å². The summed E-state index contributed by atoms with van der Waals surface area (Å²) in [6.45, 7) is 5.57. The maximum Gasteiger partial charge on any atom is 0.255 e. The van der Waals surface area contributed by atoms with Crippen molar-refractivity contribution in [3.63, 3.8) is 0 Å². The van der Waals surface area contributed by atoms with E-state index in [4.69, 9.17) is 23.2 Å². The summed E-state index contributed by atoms with van der Waals surface area (Å²) in [5, 5.41) is 16.6. The largest absolute Gasteiger partial charge is 0.506 e. The van der Waals surface area contributed by atoms with Gasteiger partial charge in [0.05, 0.1) is 16.3 Å². The van der Waals surface area contributed by atoms with Crippen molar-refractivity contribution in [3.8, 4) is 11.4 Å². The molecule has 2 aromatic rings. The van der Waals surface area contributed by atoms with Gasteiger partial charge in [-0.2, -0.15) is 5.10 Å². The molecule has 0 radical (unpaired) electrons. The molecule has 1 amide bonds. The maximum atomic E-state index is 12.5. The van der Waals surface area contributed by atoms with Crippen molar-refractivity contribution in [1.29, 1.82) is 0 Å². The van der Waals surface area contributed by atoms with Gasteiger partial charge >= 0.3 is 0 Å². The second-order valence-electron chi connectivity index (χ2n) is 5.57. The van der Waals surface area contributed by atoms with Crippen LogP contribution in [0.5, 0.6) is 5.75 Å². The number of hydrogen-bond acceptors (Lipinski definition) is 3. The summed E-state index contributed by atoms with van der Waals surface area (Å²) >= 11 is 12.1. The van der Waals surface area contributed by atoms with E-state index < -0.39 is 5.54 Å². The average Bonchev–Trinajstić information content (AvgIpc) is 2.86. The summed E-state index contributed by atoms with van der Waals surface area (Å²) in [7, 11) is 0. The van der Waals surface area contributed by atoms with E-state index in [9.17, 15) is 9.90 Å². The minimum atomic E-state index is -0.438. The number of nitrogens with zero attached hydrogens (tertiary/aromatic N) is 2. The van der Waals surface area contributed by atoms with Gasteiger partial charge in [-0.1, -0.05) is 23.2 Å². The number of benzene rings is 1. The Morgan fingerprint density at radius 1 is 1.33 bits per heavy atom. The van der Waals surface area contributed by atoms with Crippen LogP contribution in [0.2, 0.25) is 10.0 Å². The van der Waals surface area contributed by atoms with Gasteiger partial charge in [-0.05, 0) is 26.8 Å². The van der Waals surface area contributed by atoms with Crippen LogP contribution in [0.3, 0.4) is 0 Å². The van der Waals surface area contributed by atoms with Gasteiger partial charge in [0.1, 0.15) is 10.8 Å². The third-order valence-corrected chi connectivity index (χ3v) is 3.49. The summed E-state index contributed by atoms with van der Waals surface area (Å²) < 4.78 is 1.44. The van der Waals surface area contributed by atoms with Gasteiger partial charge in [0.25, 0.3) is 5.91 Å². The molecule has 7 heteroatoms. The van der Waals surface area contributed by atoms with Crippen LogP contribution in [-0.2, 0) is 0 Å². The van der Waals surface area contributed by atoms with E-state index in [1.54, 1.807) is 18.5 Å². The fraction of sp³-hybridized carbons (Fsp3) is 0.286. The van der Waals surface area contributed by atoms with Crippen LogP contribution in [0, 0.1) is 0 Å². The first-order valence-electron chi connectivity index (χ1n) is 6.24. The summed E-state index contributed by atoms with van der Waals surface area (Å²) in [5.41, 5.74) is 0.0818. The molecule has 1 heterocycles. The second-order valence-corrected chi connectivity index (χ2v) is 6.33. The predicted octanol–water partition coefficient (Wildman–Crippen LogP) is 3.41. The quantitative estimate of drug-likeness (QED) is 0.888. The van der Waals surface area contributed by atoms with Gasteiger partial charge in [-0.25, -0.2) is 4.68 Å². The predicted molar refractivity (Wildman–Crippen MR) is 82.5 cm³/mol. The number of rotatable bonds is 2. The zero-order valence-corrected chi connectivity index (χ0v) is 13.3. The first-order chi connectivity index (χ1) is 9.70. The lowest BCUT2D eigenvalue weighted by molar-refractivity contribution is 0.0919. The highest BCUT2D eigenvalue weighted by molar-refractivity contribution is 6.45. The molecule has 21 heavy (non-hydrogen) atoms. The summed E-state index contributed by atoms with van der Waals surface area (Å²) in [6.07, 6.45) is 3.21. The zero-order valence-electron chi connectivity index (χ0n) is 11.8. The molecule has 5 nitrogen and oxygen atoms in total. The smallest absolute Gasteiger partial charge is 0.255 e. The number of nitrogens with one attached hydrogen (secondary N) is 1. The number of halogens is 2. The minimum Gasteiger partial charge on any atom is -0.506 e. The molecule has 2 rings (SSSR count). The monoisotopic (exact) mass is 327 g/mol. The van der Waals surface area contributed by atoms with Crippen molar-refractivity contribution in [2.45, 2.75) is 26.3 Å². The van der Waals surface area contributed by atoms with Crippen LogP contribution in [0.15, 0.2) is 24.5 Å². The Morgan fingerprint density at radius 2 is 2.00 bits per heavy atom. The van der Waals surface area contributed by atoms with Crippen LogP contribution in [0.25, 0.3) is 5.69 Å². The highest BCUT2D eigenvalue weighted by atomic mass is 35.5. The van der Waals surface area contributed by atoms with E-state index >= 15 is 0 Å². The summed E-state index contributed by atoms with van der Waals surface area (Å²) in [4.78, 5) is 12.5. The SMILES string of the molecule is CC(C)(C)NC(=O)c1c(-n2cccn2)cc(O)c(Cl)c1Cl. The lowest BCUT2D eigenvalue weighted by Gasteiger charge is -2.22. The van der Waals surface area contributed by atoms with Gasteiger partial charge in [-0.3, -0.25) is 4.79 Å². The molecular weight excluding hydrogens is 313 g/mol. The van der Waals surface area contributed by atoms with Crippen molar-refractivity contribution in [1.82, 2.24) is 15.1 Å². The van der Waals surface area contributed by atoms with E-state index in [0.717, 1.165) is 0 Å². The van der Waals surface area contributed by atoms with Crippen molar-refractivity contribution >= 4 is 29.1 Å². The fourth-order valence-corrected chi connectivity index (χ4v) is 2.24. The molecule has 0 fully saturated rings. The van der Waals surface area contributed by atoms with Gasteiger partial charge in [0.15, 0.2) is 0 Å². The lowest BCUT2D eigenvalue weighted by atomic mass is 10.1. The van der Waals surface area contributed by atoms with Crippen molar-refractivity contribution in [2.24, 2.45) is 0 Å². The third-order valence-electron chi connectivity index (χ3n) is 2.63. The Bertz CT molecular complexity index is 677. The Kier molecular flexibility index (Phi) is 4.16. The normalized spacial score (nSPS) is 11.5.